The van der Waals surface area contributed by atoms with E-state index >= 15 is 0 Å². The number of carboxylic acids is 2. The molecule has 21 heavy (non-hydrogen) atoms. The fourth-order valence-corrected chi connectivity index (χ4v) is 3.80. The second-order valence-corrected chi connectivity index (χ2v) is 7.17. The van der Waals surface area contributed by atoms with Crippen LogP contribution in [0.1, 0.15) is 19.3 Å². The van der Waals surface area contributed by atoms with Crippen molar-refractivity contribution in [1.82, 2.24) is 10.2 Å². The van der Waals surface area contributed by atoms with Crippen LogP contribution in [0.4, 0.5) is 4.79 Å². The van der Waals surface area contributed by atoms with Gasteiger partial charge in [0.15, 0.2) is 9.84 Å². The van der Waals surface area contributed by atoms with Gasteiger partial charge in [0.25, 0.3) is 0 Å². The number of amides is 2. The summed E-state index contributed by atoms with van der Waals surface area (Å²) in [6, 6.07) is -2.55. The number of rotatable bonds is 6. The first-order valence-corrected chi connectivity index (χ1v) is 8.13. The maximum absolute atomic E-state index is 11.9. The molecule has 0 aromatic heterocycles. The summed E-state index contributed by atoms with van der Waals surface area (Å²) in [6.07, 6.45) is -0.328. The highest BCUT2D eigenvalue weighted by molar-refractivity contribution is 7.91. The smallest absolute Gasteiger partial charge is 0.326 e. The van der Waals surface area contributed by atoms with Crippen LogP contribution in [-0.2, 0) is 19.4 Å². The third kappa shape index (κ3) is 5.21. The van der Waals surface area contributed by atoms with Crippen molar-refractivity contribution in [2.75, 3.05) is 18.6 Å². The van der Waals surface area contributed by atoms with Gasteiger partial charge in [0.2, 0.25) is 0 Å². The summed E-state index contributed by atoms with van der Waals surface area (Å²) in [4.78, 5) is 34.5. The number of carboxylic acid groups (broad SMARTS) is 2. The molecular weight excluding hydrogens is 304 g/mol. The molecule has 3 N–H and O–H groups in total. The molecule has 1 saturated heterocycles. The molecule has 1 aliphatic rings. The van der Waals surface area contributed by atoms with Crippen LogP contribution in [0.15, 0.2) is 0 Å². The van der Waals surface area contributed by atoms with Crippen molar-refractivity contribution >= 4 is 27.8 Å². The number of aliphatic carboxylic acids is 2. The first-order chi connectivity index (χ1) is 9.62. The van der Waals surface area contributed by atoms with E-state index in [2.05, 4.69) is 5.32 Å². The number of urea groups is 1. The fourth-order valence-electron chi connectivity index (χ4n) is 2.02. The number of nitrogens with one attached hydrogen (secondary N) is 1. The van der Waals surface area contributed by atoms with Gasteiger partial charge in [-0.25, -0.2) is 18.0 Å². The number of carbonyl (C=O) groups is 3. The summed E-state index contributed by atoms with van der Waals surface area (Å²) in [5.41, 5.74) is 0. The molecule has 2 unspecified atom stereocenters. The van der Waals surface area contributed by atoms with Gasteiger partial charge in [0, 0.05) is 19.5 Å². The molecule has 0 aliphatic carbocycles. The SMILES string of the molecule is CN(C(=O)NC(CCC(=O)O)C(=O)O)C1CCS(=O)(=O)C1. The molecule has 2 atom stereocenters. The molecule has 0 saturated carbocycles. The molecule has 120 valence electrons. The second kappa shape index (κ2) is 6.74. The van der Waals surface area contributed by atoms with E-state index in [1.165, 1.54) is 7.05 Å². The van der Waals surface area contributed by atoms with Crippen LogP contribution in [-0.4, -0.2) is 72.1 Å². The van der Waals surface area contributed by atoms with E-state index in [1.807, 2.05) is 0 Å². The van der Waals surface area contributed by atoms with Crippen molar-refractivity contribution in [3.8, 4) is 0 Å². The lowest BCUT2D eigenvalue weighted by Gasteiger charge is -2.25. The molecule has 0 spiro atoms. The van der Waals surface area contributed by atoms with Crippen molar-refractivity contribution in [1.29, 1.82) is 0 Å². The summed E-state index contributed by atoms with van der Waals surface area (Å²) in [7, 11) is -1.77. The molecule has 0 bridgehead atoms. The Hall–Kier alpha value is -1.84. The monoisotopic (exact) mass is 322 g/mol. The van der Waals surface area contributed by atoms with Crippen LogP contribution in [0.5, 0.6) is 0 Å². The number of hydrogen-bond donors (Lipinski definition) is 3. The van der Waals surface area contributed by atoms with Crippen LogP contribution >= 0.6 is 0 Å². The Morgan fingerprint density at radius 1 is 1.33 bits per heavy atom. The predicted octanol–water partition coefficient (Wildman–Crippen LogP) is -0.867. The topological polar surface area (TPSA) is 141 Å². The Kier molecular flexibility index (Phi) is 5.53. The lowest BCUT2D eigenvalue weighted by Crippen LogP contribution is -2.50. The molecule has 0 aromatic carbocycles. The highest BCUT2D eigenvalue weighted by Gasteiger charge is 2.33. The molecular formula is C11H18N2O7S. The summed E-state index contributed by atoms with van der Waals surface area (Å²) < 4.78 is 22.7. The Bertz CT molecular complexity index is 531. The normalized spacial score (nSPS) is 21.5. The van der Waals surface area contributed by atoms with Crippen molar-refractivity contribution in [3.05, 3.63) is 0 Å². The average molecular weight is 322 g/mol. The van der Waals surface area contributed by atoms with E-state index < -0.39 is 46.3 Å². The molecule has 0 aromatic rings. The highest BCUT2D eigenvalue weighted by atomic mass is 32.2. The van der Waals surface area contributed by atoms with Crippen molar-refractivity contribution in [2.45, 2.75) is 31.3 Å². The minimum Gasteiger partial charge on any atom is -0.481 e. The zero-order chi connectivity index (χ0) is 16.2. The maximum Gasteiger partial charge on any atom is 0.326 e. The van der Waals surface area contributed by atoms with Gasteiger partial charge in [-0.1, -0.05) is 0 Å². The molecule has 1 rings (SSSR count). The van der Waals surface area contributed by atoms with Gasteiger partial charge in [0.1, 0.15) is 6.04 Å². The molecule has 1 heterocycles. The average Bonchev–Trinajstić information content (AvgIpc) is 2.73. The third-order valence-electron chi connectivity index (χ3n) is 3.32. The van der Waals surface area contributed by atoms with Gasteiger partial charge in [-0.3, -0.25) is 4.79 Å². The highest BCUT2D eigenvalue weighted by Crippen LogP contribution is 2.16. The fraction of sp³-hybridized carbons (Fsp3) is 0.727. The van der Waals surface area contributed by atoms with E-state index in [-0.39, 0.29) is 17.9 Å². The van der Waals surface area contributed by atoms with Crippen LogP contribution in [0, 0.1) is 0 Å². The first-order valence-electron chi connectivity index (χ1n) is 6.30. The van der Waals surface area contributed by atoms with E-state index in [4.69, 9.17) is 10.2 Å². The van der Waals surface area contributed by atoms with Gasteiger partial charge in [-0.15, -0.1) is 0 Å². The summed E-state index contributed by atoms with van der Waals surface area (Å²) in [5, 5.41) is 19.7. The van der Waals surface area contributed by atoms with Crippen molar-refractivity contribution < 1.29 is 33.0 Å². The Labute approximate surface area is 121 Å². The van der Waals surface area contributed by atoms with E-state index in [0.717, 1.165) is 4.90 Å². The molecule has 2 amide bonds. The lowest BCUT2D eigenvalue weighted by atomic mass is 10.1. The van der Waals surface area contributed by atoms with Crippen molar-refractivity contribution in [3.63, 3.8) is 0 Å². The Morgan fingerprint density at radius 2 is 1.95 bits per heavy atom. The Balaban J connectivity index is 2.60. The maximum atomic E-state index is 11.9. The number of nitrogens with zero attached hydrogens (tertiary/aromatic N) is 1. The van der Waals surface area contributed by atoms with E-state index in [9.17, 15) is 22.8 Å². The minimum atomic E-state index is -3.16. The molecule has 1 fully saturated rings. The predicted molar refractivity (Wildman–Crippen MR) is 71.6 cm³/mol. The lowest BCUT2D eigenvalue weighted by molar-refractivity contribution is -0.140. The van der Waals surface area contributed by atoms with Gasteiger partial charge in [-0.05, 0) is 12.8 Å². The zero-order valence-corrected chi connectivity index (χ0v) is 12.3. The largest absolute Gasteiger partial charge is 0.481 e. The summed E-state index contributed by atoms with van der Waals surface area (Å²) in [6.45, 7) is 0. The quantitative estimate of drug-likeness (QED) is 0.577. The number of sulfone groups is 1. The first kappa shape index (κ1) is 17.2. The van der Waals surface area contributed by atoms with Crippen LogP contribution in [0.3, 0.4) is 0 Å². The van der Waals surface area contributed by atoms with Gasteiger partial charge in [-0.2, -0.15) is 0 Å². The summed E-state index contributed by atoms with van der Waals surface area (Å²) >= 11 is 0. The molecule has 0 radical (unpaired) electrons. The standard InChI is InChI=1S/C11H18N2O7S/c1-13(7-4-5-21(19,20)6-7)11(18)12-8(10(16)17)2-3-9(14)15/h7-8H,2-6H2,1H3,(H,12,18)(H,14,15)(H,16,17). The zero-order valence-electron chi connectivity index (χ0n) is 11.5. The third-order valence-corrected chi connectivity index (χ3v) is 5.07. The van der Waals surface area contributed by atoms with Crippen LogP contribution < -0.4 is 5.32 Å². The van der Waals surface area contributed by atoms with Crippen LogP contribution in [0.2, 0.25) is 0 Å². The van der Waals surface area contributed by atoms with E-state index in [1.54, 1.807) is 0 Å². The molecule has 1 aliphatic heterocycles. The molecule has 9 nitrogen and oxygen atoms in total. The number of hydrogen-bond acceptors (Lipinski definition) is 5. The van der Waals surface area contributed by atoms with Crippen molar-refractivity contribution in [2.24, 2.45) is 0 Å². The van der Waals surface area contributed by atoms with Gasteiger partial charge >= 0.3 is 18.0 Å². The van der Waals surface area contributed by atoms with Gasteiger partial charge < -0.3 is 20.4 Å². The van der Waals surface area contributed by atoms with E-state index in [0.29, 0.717) is 6.42 Å². The van der Waals surface area contributed by atoms with Crippen LogP contribution in [0.25, 0.3) is 0 Å². The van der Waals surface area contributed by atoms with Gasteiger partial charge in [0.05, 0.1) is 11.5 Å². The number of carbonyl (C=O) groups excluding carboxylic acids is 1. The Morgan fingerprint density at radius 3 is 2.38 bits per heavy atom. The minimum absolute atomic E-state index is 0.00331. The second-order valence-electron chi connectivity index (χ2n) is 4.94. The summed E-state index contributed by atoms with van der Waals surface area (Å²) in [5.74, 6) is -2.65. The molecule has 10 heteroatoms.